The van der Waals surface area contributed by atoms with Gasteiger partial charge in [-0.3, -0.25) is 9.59 Å². The minimum atomic E-state index is -0.464. The lowest BCUT2D eigenvalue weighted by molar-refractivity contribution is -0.142. The van der Waals surface area contributed by atoms with Gasteiger partial charge in [0.15, 0.2) is 0 Å². The van der Waals surface area contributed by atoms with Crippen molar-refractivity contribution < 1.29 is 14.3 Å². The first-order valence-electron chi connectivity index (χ1n) is 4.51. The van der Waals surface area contributed by atoms with E-state index < -0.39 is 5.97 Å². The van der Waals surface area contributed by atoms with Gasteiger partial charge in [-0.1, -0.05) is 30.9 Å². The predicted molar refractivity (Wildman–Crippen MR) is 58.1 cm³/mol. The minimum absolute atomic E-state index is 0.105. The maximum atomic E-state index is 11.0. The minimum Gasteiger partial charge on any atom is -0.460 e. The molecule has 0 spiro atoms. The lowest BCUT2D eigenvalue weighted by Crippen LogP contribution is -2.23. The molecule has 4 nitrogen and oxygen atoms in total. The van der Waals surface area contributed by atoms with E-state index in [9.17, 15) is 9.59 Å². The Morgan fingerprint density at radius 2 is 2.27 bits per heavy atom. The van der Waals surface area contributed by atoms with Gasteiger partial charge in [-0.05, 0) is 12.5 Å². The summed E-state index contributed by atoms with van der Waals surface area (Å²) >= 11 is 0. The number of allylic oxidation sites excluding steroid dienone is 3. The van der Waals surface area contributed by atoms with Gasteiger partial charge < -0.3 is 10.1 Å². The van der Waals surface area contributed by atoms with Crippen LogP contribution in [0.3, 0.4) is 0 Å². The maximum Gasteiger partial charge on any atom is 0.325 e. The molecule has 0 aliphatic heterocycles. The topological polar surface area (TPSA) is 55.4 Å². The van der Waals surface area contributed by atoms with E-state index in [2.05, 4.69) is 11.9 Å². The molecule has 0 saturated heterocycles. The summed E-state index contributed by atoms with van der Waals surface area (Å²) in [4.78, 5) is 20.9. The molecule has 0 rings (SSSR count). The van der Waals surface area contributed by atoms with E-state index in [-0.39, 0.29) is 13.2 Å². The summed E-state index contributed by atoms with van der Waals surface area (Å²) in [7, 11) is 0. The summed E-state index contributed by atoms with van der Waals surface area (Å²) in [5.74, 6) is -0.464. The van der Waals surface area contributed by atoms with Crippen molar-refractivity contribution in [2.24, 2.45) is 0 Å². The van der Waals surface area contributed by atoms with Gasteiger partial charge in [0.25, 0.3) is 0 Å². The summed E-state index contributed by atoms with van der Waals surface area (Å²) in [5, 5.41) is 2.22. The molecule has 0 unspecified atom stereocenters. The van der Waals surface area contributed by atoms with Crippen LogP contribution in [0.15, 0.2) is 36.5 Å². The molecule has 0 bridgehead atoms. The number of carbonyl (C=O) groups excluding carboxylic acids is 2. The van der Waals surface area contributed by atoms with Crippen molar-refractivity contribution in [3.63, 3.8) is 0 Å². The van der Waals surface area contributed by atoms with E-state index in [1.165, 1.54) is 0 Å². The standard InChI is InChI=1S/C11H15NO3/c1-3-5-6-10(4-2)8-15-11(14)7-12-9-13/h3-6,9H,1,7-8H2,2H3,(H,12,13)/b6-5-,10-4+. The molecule has 0 aliphatic carbocycles. The van der Waals surface area contributed by atoms with Gasteiger partial charge >= 0.3 is 5.97 Å². The molecule has 1 N–H and O–H groups in total. The number of hydrogen-bond acceptors (Lipinski definition) is 3. The van der Waals surface area contributed by atoms with E-state index in [4.69, 9.17) is 4.74 Å². The van der Waals surface area contributed by atoms with Crippen LogP contribution in [0.5, 0.6) is 0 Å². The highest BCUT2D eigenvalue weighted by Crippen LogP contribution is 1.98. The van der Waals surface area contributed by atoms with Gasteiger partial charge in [0.1, 0.15) is 13.2 Å². The number of esters is 1. The van der Waals surface area contributed by atoms with Crippen LogP contribution >= 0.6 is 0 Å². The third-order valence-corrected chi connectivity index (χ3v) is 1.55. The second kappa shape index (κ2) is 8.74. The maximum absolute atomic E-state index is 11.0. The summed E-state index contributed by atoms with van der Waals surface area (Å²) in [6.07, 6.45) is 7.48. The van der Waals surface area contributed by atoms with Gasteiger partial charge in [-0.15, -0.1) is 0 Å². The molecule has 1 amide bonds. The van der Waals surface area contributed by atoms with Crippen LogP contribution in [-0.4, -0.2) is 25.5 Å². The molecule has 0 aliphatic rings. The van der Waals surface area contributed by atoms with Gasteiger partial charge in [-0.2, -0.15) is 0 Å². The first-order chi connectivity index (χ1) is 7.24. The Kier molecular flexibility index (Phi) is 7.67. The quantitative estimate of drug-likeness (QED) is 0.386. The van der Waals surface area contributed by atoms with Crippen LogP contribution in [0.4, 0.5) is 0 Å². The Hall–Kier alpha value is -1.84. The molecular weight excluding hydrogens is 194 g/mol. The summed E-state index contributed by atoms with van der Waals surface area (Å²) in [5.41, 5.74) is 0.870. The van der Waals surface area contributed by atoms with E-state index in [1.54, 1.807) is 18.2 Å². The molecule has 0 radical (unpaired) electrons. The number of nitrogens with one attached hydrogen (secondary N) is 1. The molecule has 0 saturated carbocycles. The third-order valence-electron chi connectivity index (χ3n) is 1.55. The predicted octanol–water partition coefficient (Wildman–Crippen LogP) is 0.964. The van der Waals surface area contributed by atoms with Gasteiger partial charge in [0.05, 0.1) is 0 Å². The zero-order chi connectivity index (χ0) is 11.5. The average Bonchev–Trinajstić information content (AvgIpc) is 2.26. The van der Waals surface area contributed by atoms with E-state index in [1.807, 2.05) is 13.0 Å². The Labute approximate surface area is 89.3 Å². The van der Waals surface area contributed by atoms with Crippen molar-refractivity contribution in [1.82, 2.24) is 5.32 Å². The number of amides is 1. The fraction of sp³-hybridized carbons (Fsp3) is 0.273. The van der Waals surface area contributed by atoms with Gasteiger partial charge in [0, 0.05) is 0 Å². The van der Waals surface area contributed by atoms with Crippen molar-refractivity contribution >= 4 is 12.4 Å². The first kappa shape index (κ1) is 13.2. The second-order valence-electron chi connectivity index (χ2n) is 2.62. The van der Waals surface area contributed by atoms with Crippen molar-refractivity contribution in [3.8, 4) is 0 Å². The third kappa shape index (κ3) is 7.25. The Morgan fingerprint density at radius 3 is 2.80 bits per heavy atom. The molecule has 0 aromatic rings. The smallest absolute Gasteiger partial charge is 0.325 e. The normalized spacial score (nSPS) is 11.1. The van der Waals surface area contributed by atoms with E-state index in [0.29, 0.717) is 6.41 Å². The Bertz CT molecular complexity index is 280. The molecule has 4 heteroatoms. The van der Waals surface area contributed by atoms with Crippen molar-refractivity contribution in [2.45, 2.75) is 6.92 Å². The van der Waals surface area contributed by atoms with Gasteiger partial charge in [0.2, 0.25) is 6.41 Å². The fourth-order valence-corrected chi connectivity index (χ4v) is 0.759. The molecule has 0 fully saturated rings. The molecule has 15 heavy (non-hydrogen) atoms. The van der Waals surface area contributed by atoms with Crippen LogP contribution in [0.2, 0.25) is 0 Å². The molecule has 82 valence electrons. The zero-order valence-electron chi connectivity index (χ0n) is 8.73. The second-order valence-corrected chi connectivity index (χ2v) is 2.62. The van der Waals surface area contributed by atoms with Crippen LogP contribution < -0.4 is 5.32 Å². The highest BCUT2D eigenvalue weighted by atomic mass is 16.5. The number of ether oxygens (including phenoxy) is 1. The first-order valence-corrected chi connectivity index (χ1v) is 4.51. The van der Waals surface area contributed by atoms with Crippen LogP contribution in [0, 0.1) is 0 Å². The molecule has 0 atom stereocenters. The lowest BCUT2D eigenvalue weighted by atomic mass is 10.2. The van der Waals surface area contributed by atoms with Crippen molar-refractivity contribution in [2.75, 3.05) is 13.2 Å². The number of hydrogen-bond donors (Lipinski definition) is 1. The van der Waals surface area contributed by atoms with E-state index >= 15 is 0 Å². The highest BCUT2D eigenvalue weighted by molar-refractivity contribution is 5.74. The number of carbonyl (C=O) groups is 2. The van der Waals surface area contributed by atoms with E-state index in [0.717, 1.165) is 5.57 Å². The Balaban J connectivity index is 3.90. The fourth-order valence-electron chi connectivity index (χ4n) is 0.759. The van der Waals surface area contributed by atoms with Crippen molar-refractivity contribution in [3.05, 3.63) is 36.5 Å². The number of rotatable bonds is 7. The van der Waals surface area contributed by atoms with Crippen LogP contribution in [0.25, 0.3) is 0 Å². The van der Waals surface area contributed by atoms with Crippen LogP contribution in [-0.2, 0) is 14.3 Å². The molecule has 0 aromatic carbocycles. The summed E-state index contributed by atoms with van der Waals surface area (Å²) < 4.78 is 4.88. The largest absolute Gasteiger partial charge is 0.460 e. The summed E-state index contributed by atoms with van der Waals surface area (Å²) in [6, 6.07) is 0. The Morgan fingerprint density at radius 1 is 1.53 bits per heavy atom. The molecule has 0 heterocycles. The molecule has 0 aromatic heterocycles. The lowest BCUT2D eigenvalue weighted by Gasteiger charge is -2.04. The van der Waals surface area contributed by atoms with Crippen molar-refractivity contribution in [1.29, 1.82) is 0 Å². The zero-order valence-corrected chi connectivity index (χ0v) is 8.73. The molecular formula is C11H15NO3. The van der Waals surface area contributed by atoms with Crippen LogP contribution in [0.1, 0.15) is 6.92 Å². The van der Waals surface area contributed by atoms with Gasteiger partial charge in [-0.25, -0.2) is 0 Å². The highest BCUT2D eigenvalue weighted by Gasteiger charge is 2.01. The SMILES string of the molecule is C=C/C=C\C(=C/C)COC(=O)CNC=O. The monoisotopic (exact) mass is 209 g/mol. The summed E-state index contributed by atoms with van der Waals surface area (Å²) in [6.45, 7) is 5.47. The average molecular weight is 209 g/mol.